The molecule has 2 aliphatic carbocycles. The van der Waals surface area contributed by atoms with Crippen molar-refractivity contribution in [2.45, 2.75) is 32.6 Å². The van der Waals surface area contributed by atoms with Gasteiger partial charge in [-0.1, -0.05) is 171 Å². The average Bonchev–Trinajstić information content (AvgIpc) is 3.64. The summed E-state index contributed by atoms with van der Waals surface area (Å²) in [5.74, 6) is 0. The molecule has 0 atom stereocenters. The van der Waals surface area contributed by atoms with Crippen LogP contribution in [0.3, 0.4) is 0 Å². The summed E-state index contributed by atoms with van der Waals surface area (Å²) >= 11 is 0. The second-order valence-corrected chi connectivity index (χ2v) is 13.6. The second-order valence-electron chi connectivity index (χ2n) is 13.6. The van der Waals surface area contributed by atoms with Crippen molar-refractivity contribution in [3.63, 3.8) is 0 Å². The molecule has 0 aromatic heterocycles. The molecule has 51 heavy (non-hydrogen) atoms. The predicted octanol–water partition coefficient (Wildman–Crippen LogP) is 12.6. The Morgan fingerprint density at radius 1 is 0.451 bits per heavy atom. The van der Waals surface area contributed by atoms with E-state index in [4.69, 9.17) is 11.5 Å². The summed E-state index contributed by atoms with van der Waals surface area (Å²) in [6.07, 6.45) is 1.25. The van der Waals surface area contributed by atoms with Crippen LogP contribution in [0.1, 0.15) is 48.1 Å². The van der Waals surface area contributed by atoms with E-state index >= 15 is 0 Å². The molecule has 2 nitrogen and oxygen atoms in total. The average molecular weight is 659 g/mol. The van der Waals surface area contributed by atoms with Crippen molar-refractivity contribution >= 4 is 32.9 Å². The van der Waals surface area contributed by atoms with Crippen molar-refractivity contribution in [3.05, 3.63) is 192 Å². The Balaban J connectivity index is 0.000000296. The van der Waals surface area contributed by atoms with Gasteiger partial charge in [0, 0.05) is 0 Å². The topological polar surface area (TPSA) is 52.0 Å². The molecule has 0 fully saturated rings. The van der Waals surface area contributed by atoms with Crippen molar-refractivity contribution in [1.29, 1.82) is 0 Å². The van der Waals surface area contributed by atoms with Gasteiger partial charge in [0.1, 0.15) is 0 Å². The molecule has 0 amide bonds. The van der Waals surface area contributed by atoms with E-state index in [-0.39, 0.29) is 5.41 Å². The smallest absolute Gasteiger partial charge is 0.0731 e. The van der Waals surface area contributed by atoms with Gasteiger partial charge in [-0.2, -0.15) is 0 Å². The van der Waals surface area contributed by atoms with Gasteiger partial charge < -0.3 is 11.5 Å². The molecule has 10 rings (SSSR count). The van der Waals surface area contributed by atoms with E-state index in [0.29, 0.717) is 11.4 Å². The van der Waals surface area contributed by atoms with Crippen LogP contribution in [0.15, 0.2) is 164 Å². The Kier molecular flexibility index (Phi) is 8.16. The Bertz CT molecular complexity index is 2490. The molecule has 0 saturated heterocycles. The van der Waals surface area contributed by atoms with Crippen LogP contribution >= 0.6 is 0 Å². The van der Waals surface area contributed by atoms with Gasteiger partial charge in [0.25, 0.3) is 0 Å². The predicted molar refractivity (Wildman–Crippen MR) is 219 cm³/mol. The van der Waals surface area contributed by atoms with E-state index in [1.807, 2.05) is 12.1 Å². The number of para-hydroxylation sites is 2. The highest BCUT2D eigenvalue weighted by atomic mass is 14.7. The first-order chi connectivity index (χ1) is 25.0. The third-order valence-corrected chi connectivity index (χ3v) is 10.3. The molecule has 2 aliphatic rings. The first-order valence-corrected chi connectivity index (χ1v) is 17.9. The van der Waals surface area contributed by atoms with Gasteiger partial charge in [-0.05, 0) is 102 Å². The maximum Gasteiger partial charge on any atom is 0.0731 e. The second kappa shape index (κ2) is 13.0. The van der Waals surface area contributed by atoms with Crippen molar-refractivity contribution in [1.82, 2.24) is 0 Å². The number of anilines is 2. The highest BCUT2D eigenvalue weighted by molar-refractivity contribution is 6.14. The molecule has 4 N–H and O–H groups in total. The molecule has 8 aromatic rings. The number of rotatable bonds is 1. The van der Waals surface area contributed by atoms with Gasteiger partial charge in [0.05, 0.1) is 16.8 Å². The van der Waals surface area contributed by atoms with Gasteiger partial charge in [-0.3, -0.25) is 0 Å². The highest BCUT2D eigenvalue weighted by Gasteiger charge is 2.53. The molecule has 248 valence electrons. The lowest BCUT2D eigenvalue weighted by Crippen LogP contribution is -2.26. The molecule has 1 spiro atoms. The molecule has 0 aliphatic heterocycles. The van der Waals surface area contributed by atoms with Gasteiger partial charge in [-0.15, -0.1) is 0 Å². The summed E-state index contributed by atoms with van der Waals surface area (Å²) < 4.78 is 0. The fourth-order valence-electron chi connectivity index (χ4n) is 8.26. The molecule has 0 saturated carbocycles. The maximum atomic E-state index is 5.39. The highest BCUT2D eigenvalue weighted by Crippen LogP contribution is 2.65. The SMILES string of the molecule is CCC.Cc1ccc(-c2cc3c(c4ccccc24)-c2ccc4ccccc4c2C32c3ccccc3-c3ccccc32)cc1.Nc1ccccc1N. The number of fused-ring (bicyclic) bond motifs is 14. The zero-order valence-corrected chi connectivity index (χ0v) is 29.5. The first kappa shape index (κ1) is 32.1. The lowest BCUT2D eigenvalue weighted by Gasteiger charge is -2.32. The van der Waals surface area contributed by atoms with Crippen LogP contribution in [-0.2, 0) is 5.41 Å². The number of nitrogen functional groups attached to an aromatic ring is 2. The van der Waals surface area contributed by atoms with E-state index in [1.54, 1.807) is 12.1 Å². The minimum Gasteiger partial charge on any atom is -0.397 e. The number of aryl methyl sites for hydroxylation is 1. The number of nitrogens with two attached hydrogens (primary N) is 2. The Labute approximate surface area is 301 Å². The van der Waals surface area contributed by atoms with Crippen LogP contribution < -0.4 is 11.5 Å². The minimum atomic E-state index is -0.387. The third-order valence-electron chi connectivity index (χ3n) is 10.3. The van der Waals surface area contributed by atoms with Gasteiger partial charge in [0.15, 0.2) is 0 Å². The summed E-state index contributed by atoms with van der Waals surface area (Å²) in [6, 6.07) is 59.6. The molecule has 0 unspecified atom stereocenters. The Hall–Kier alpha value is -6.12. The molecule has 0 bridgehead atoms. The fraction of sp³-hybridized carbons (Fsp3) is 0.102. The van der Waals surface area contributed by atoms with Crippen molar-refractivity contribution in [2.75, 3.05) is 11.5 Å². The number of hydrogen-bond donors (Lipinski definition) is 2. The zero-order valence-electron chi connectivity index (χ0n) is 29.5. The van der Waals surface area contributed by atoms with Crippen LogP contribution in [0.5, 0.6) is 0 Å². The van der Waals surface area contributed by atoms with Crippen LogP contribution in [0.25, 0.3) is 54.9 Å². The molecule has 0 heterocycles. The summed E-state index contributed by atoms with van der Waals surface area (Å²) in [5.41, 5.74) is 26.5. The summed E-state index contributed by atoms with van der Waals surface area (Å²) in [5, 5.41) is 5.26. The lowest BCUT2D eigenvalue weighted by atomic mass is 9.69. The number of hydrogen-bond acceptors (Lipinski definition) is 2. The van der Waals surface area contributed by atoms with Crippen molar-refractivity contribution in [2.24, 2.45) is 0 Å². The summed E-state index contributed by atoms with van der Waals surface area (Å²) in [6.45, 7) is 6.41. The van der Waals surface area contributed by atoms with Gasteiger partial charge in [0.2, 0.25) is 0 Å². The van der Waals surface area contributed by atoms with Crippen LogP contribution in [0.2, 0.25) is 0 Å². The minimum absolute atomic E-state index is 0.387. The molecule has 0 radical (unpaired) electrons. The molecule has 2 heteroatoms. The van der Waals surface area contributed by atoms with E-state index in [1.165, 1.54) is 89.2 Å². The van der Waals surface area contributed by atoms with E-state index in [0.717, 1.165) is 0 Å². The maximum absolute atomic E-state index is 5.39. The molecule has 8 aromatic carbocycles. The van der Waals surface area contributed by atoms with Crippen molar-refractivity contribution < 1.29 is 0 Å². The molecular weight excluding hydrogens is 617 g/mol. The quantitative estimate of drug-likeness (QED) is 0.172. The van der Waals surface area contributed by atoms with Gasteiger partial charge >= 0.3 is 0 Å². The largest absolute Gasteiger partial charge is 0.397 e. The van der Waals surface area contributed by atoms with E-state index in [9.17, 15) is 0 Å². The summed E-state index contributed by atoms with van der Waals surface area (Å²) in [4.78, 5) is 0. The van der Waals surface area contributed by atoms with E-state index in [2.05, 4.69) is 160 Å². The number of benzene rings is 8. The van der Waals surface area contributed by atoms with Gasteiger partial charge in [-0.25, -0.2) is 0 Å². The standard InChI is InChI=1S/C40H26.C6H8N2.C3H8/c1-25-18-20-27(21-19-25)34-24-37-38(32-15-5-4-12-29(32)34)33-23-22-26-10-2-3-11-28(26)39(33)40(37)35-16-8-6-13-30(35)31-14-7-9-17-36(31)40;7-5-3-1-2-4-6(5)8;1-3-2/h2-24H,1H3;1-4H,7-8H2;3H2,1-2H3. The molecular formula is C49H42N2. The first-order valence-electron chi connectivity index (χ1n) is 17.9. The zero-order chi connectivity index (χ0) is 35.1. The Morgan fingerprint density at radius 3 is 1.57 bits per heavy atom. The fourth-order valence-corrected chi connectivity index (χ4v) is 8.26. The summed E-state index contributed by atoms with van der Waals surface area (Å²) in [7, 11) is 0. The van der Waals surface area contributed by atoms with Crippen molar-refractivity contribution in [3.8, 4) is 33.4 Å². The van der Waals surface area contributed by atoms with Crippen LogP contribution in [0.4, 0.5) is 11.4 Å². The monoisotopic (exact) mass is 658 g/mol. The van der Waals surface area contributed by atoms with E-state index < -0.39 is 0 Å². The van der Waals surface area contributed by atoms with Crippen LogP contribution in [-0.4, -0.2) is 0 Å². The third kappa shape index (κ3) is 5.02. The van der Waals surface area contributed by atoms with Crippen LogP contribution in [0, 0.1) is 6.92 Å². The lowest BCUT2D eigenvalue weighted by molar-refractivity contribution is 0.802. The Morgan fingerprint density at radius 2 is 0.961 bits per heavy atom. The normalized spacial score (nSPS) is 12.6.